The highest BCUT2D eigenvalue weighted by atomic mass is 16.5. The molecule has 0 spiro atoms. The Bertz CT molecular complexity index is 945. The van der Waals surface area contributed by atoms with Gasteiger partial charge in [-0.3, -0.25) is 4.79 Å². The van der Waals surface area contributed by atoms with Crippen LogP contribution in [0.3, 0.4) is 0 Å². The summed E-state index contributed by atoms with van der Waals surface area (Å²) in [7, 11) is 1.35. The van der Waals surface area contributed by atoms with Crippen LogP contribution in [0.15, 0.2) is 76.4 Å². The molecule has 1 heterocycles. The molecule has 0 saturated carbocycles. The first-order valence-corrected chi connectivity index (χ1v) is 8.43. The number of nitrogens with zero attached hydrogens (tertiary/aromatic N) is 1. The predicted molar refractivity (Wildman–Crippen MR) is 102 cm³/mol. The lowest BCUT2D eigenvalue weighted by Gasteiger charge is -2.07. The maximum Gasteiger partial charge on any atom is 0.337 e. The second-order valence-corrected chi connectivity index (χ2v) is 5.72. The van der Waals surface area contributed by atoms with Crippen molar-refractivity contribution in [1.82, 2.24) is 5.43 Å². The van der Waals surface area contributed by atoms with Crippen molar-refractivity contribution in [3.05, 3.63) is 89.4 Å². The molecule has 0 bridgehead atoms. The minimum Gasteiger partial charge on any atom is -0.489 e. The number of esters is 1. The lowest BCUT2D eigenvalue weighted by atomic mass is 10.1. The van der Waals surface area contributed by atoms with Crippen molar-refractivity contribution in [2.24, 2.45) is 5.10 Å². The summed E-state index contributed by atoms with van der Waals surface area (Å²) in [6.45, 7) is 0.369. The van der Waals surface area contributed by atoms with Crippen LogP contribution >= 0.6 is 0 Å². The number of hydrazone groups is 1. The van der Waals surface area contributed by atoms with E-state index in [-0.39, 0.29) is 11.7 Å². The van der Waals surface area contributed by atoms with Gasteiger partial charge in [-0.1, -0.05) is 12.1 Å². The third kappa shape index (κ3) is 5.07. The SMILES string of the molecule is COC(=O)c1ccc(COc2ccc(/C=N\NC(=O)c3ccco3)cc2)cc1. The largest absolute Gasteiger partial charge is 0.489 e. The number of carbonyl (C=O) groups is 2. The Labute approximate surface area is 161 Å². The van der Waals surface area contributed by atoms with Crippen molar-refractivity contribution in [2.75, 3.05) is 7.11 Å². The lowest BCUT2D eigenvalue weighted by molar-refractivity contribution is 0.0600. The maximum absolute atomic E-state index is 11.7. The molecule has 1 aromatic heterocycles. The lowest BCUT2D eigenvalue weighted by Crippen LogP contribution is -2.16. The molecule has 0 aliphatic rings. The van der Waals surface area contributed by atoms with Crippen LogP contribution in [0.5, 0.6) is 5.75 Å². The average molecular weight is 378 g/mol. The fourth-order valence-corrected chi connectivity index (χ4v) is 2.30. The molecule has 0 fully saturated rings. The van der Waals surface area contributed by atoms with Crippen LogP contribution in [0.2, 0.25) is 0 Å². The molecule has 28 heavy (non-hydrogen) atoms. The number of methoxy groups -OCH3 is 1. The zero-order valence-electron chi connectivity index (χ0n) is 15.1. The van der Waals surface area contributed by atoms with Crippen LogP contribution in [-0.2, 0) is 11.3 Å². The Kier molecular flexibility index (Phi) is 6.20. The summed E-state index contributed by atoms with van der Waals surface area (Å²) < 4.78 is 15.4. The first-order valence-electron chi connectivity index (χ1n) is 8.43. The second kappa shape index (κ2) is 9.18. The van der Waals surface area contributed by atoms with Gasteiger partial charge in [0.1, 0.15) is 12.4 Å². The van der Waals surface area contributed by atoms with Crippen molar-refractivity contribution in [3.63, 3.8) is 0 Å². The molecule has 0 aliphatic carbocycles. The zero-order chi connectivity index (χ0) is 19.8. The standard InChI is InChI=1S/C21H18N2O5/c1-26-21(25)17-8-4-16(5-9-17)14-28-18-10-6-15(7-11-18)13-22-23-20(24)19-3-2-12-27-19/h2-13H,14H2,1H3,(H,23,24)/b22-13-. The summed E-state index contributed by atoms with van der Waals surface area (Å²) >= 11 is 0. The molecular weight excluding hydrogens is 360 g/mol. The number of rotatable bonds is 7. The van der Waals surface area contributed by atoms with E-state index >= 15 is 0 Å². The summed E-state index contributed by atoms with van der Waals surface area (Å²) in [5.41, 5.74) is 4.61. The summed E-state index contributed by atoms with van der Waals surface area (Å²) in [6, 6.07) is 17.4. The van der Waals surface area contributed by atoms with Gasteiger partial charge in [0.2, 0.25) is 0 Å². The van der Waals surface area contributed by atoms with E-state index in [0.717, 1.165) is 11.1 Å². The number of carbonyl (C=O) groups excluding carboxylic acids is 2. The fourth-order valence-electron chi connectivity index (χ4n) is 2.30. The quantitative estimate of drug-likeness (QED) is 0.387. The monoisotopic (exact) mass is 378 g/mol. The van der Waals surface area contributed by atoms with Crippen LogP contribution in [0.25, 0.3) is 0 Å². The van der Waals surface area contributed by atoms with Crippen LogP contribution < -0.4 is 10.2 Å². The average Bonchev–Trinajstić information content (AvgIpc) is 3.28. The van der Waals surface area contributed by atoms with Gasteiger partial charge in [0.15, 0.2) is 5.76 Å². The number of ether oxygens (including phenoxy) is 2. The molecule has 0 radical (unpaired) electrons. The zero-order valence-corrected chi connectivity index (χ0v) is 15.1. The Hall–Kier alpha value is -3.87. The highest BCUT2D eigenvalue weighted by Crippen LogP contribution is 2.14. The molecule has 1 amide bonds. The number of hydrogen-bond donors (Lipinski definition) is 1. The van der Waals surface area contributed by atoms with Crippen LogP contribution in [0, 0.1) is 0 Å². The van der Waals surface area contributed by atoms with Gasteiger partial charge in [-0.15, -0.1) is 0 Å². The number of hydrogen-bond acceptors (Lipinski definition) is 6. The number of nitrogens with one attached hydrogen (secondary N) is 1. The van der Waals surface area contributed by atoms with E-state index in [2.05, 4.69) is 15.3 Å². The highest BCUT2D eigenvalue weighted by Gasteiger charge is 2.06. The Morgan fingerprint density at radius 1 is 1.07 bits per heavy atom. The first-order chi connectivity index (χ1) is 13.7. The van der Waals surface area contributed by atoms with Gasteiger partial charge in [-0.2, -0.15) is 5.10 Å². The van der Waals surface area contributed by atoms with Crippen molar-refractivity contribution in [3.8, 4) is 5.75 Å². The number of amides is 1. The smallest absolute Gasteiger partial charge is 0.337 e. The Balaban J connectivity index is 1.49. The van der Waals surface area contributed by atoms with Gasteiger partial charge in [0.25, 0.3) is 0 Å². The van der Waals surface area contributed by atoms with Crippen molar-refractivity contribution < 1.29 is 23.5 Å². The van der Waals surface area contributed by atoms with Gasteiger partial charge < -0.3 is 13.9 Å². The van der Waals surface area contributed by atoms with Crippen LogP contribution in [0.4, 0.5) is 0 Å². The highest BCUT2D eigenvalue weighted by molar-refractivity contribution is 5.92. The van der Waals surface area contributed by atoms with E-state index in [0.29, 0.717) is 17.9 Å². The van der Waals surface area contributed by atoms with Crippen molar-refractivity contribution >= 4 is 18.1 Å². The van der Waals surface area contributed by atoms with Gasteiger partial charge in [0.05, 0.1) is 25.2 Å². The minimum atomic E-state index is -0.417. The molecule has 0 unspecified atom stereocenters. The number of benzene rings is 2. The third-order valence-corrected chi connectivity index (χ3v) is 3.79. The Morgan fingerprint density at radius 2 is 1.82 bits per heavy atom. The van der Waals surface area contributed by atoms with Gasteiger partial charge in [0, 0.05) is 0 Å². The Morgan fingerprint density at radius 3 is 2.46 bits per heavy atom. The van der Waals surface area contributed by atoms with E-state index in [1.165, 1.54) is 19.6 Å². The molecule has 142 valence electrons. The van der Waals surface area contributed by atoms with E-state index in [1.54, 1.807) is 36.4 Å². The topological polar surface area (TPSA) is 90.1 Å². The number of furan rings is 1. The first kappa shape index (κ1) is 18.9. The van der Waals surface area contributed by atoms with Crippen molar-refractivity contribution in [2.45, 2.75) is 6.61 Å². The fraction of sp³-hybridized carbons (Fsp3) is 0.0952. The molecule has 0 atom stereocenters. The van der Waals surface area contributed by atoms with E-state index in [1.807, 2.05) is 24.3 Å². The van der Waals surface area contributed by atoms with Crippen molar-refractivity contribution in [1.29, 1.82) is 0 Å². The molecule has 7 heteroatoms. The second-order valence-electron chi connectivity index (χ2n) is 5.72. The van der Waals surface area contributed by atoms with Crippen LogP contribution in [-0.4, -0.2) is 25.2 Å². The third-order valence-electron chi connectivity index (χ3n) is 3.79. The van der Waals surface area contributed by atoms with Gasteiger partial charge in [-0.05, 0) is 59.7 Å². The van der Waals surface area contributed by atoms with E-state index in [9.17, 15) is 9.59 Å². The maximum atomic E-state index is 11.7. The predicted octanol–water partition coefficient (Wildman–Crippen LogP) is 3.41. The molecule has 2 aromatic carbocycles. The van der Waals surface area contributed by atoms with E-state index < -0.39 is 5.91 Å². The van der Waals surface area contributed by atoms with Gasteiger partial charge >= 0.3 is 11.9 Å². The molecule has 3 rings (SSSR count). The van der Waals surface area contributed by atoms with Crippen LogP contribution in [0.1, 0.15) is 32.0 Å². The summed E-state index contributed by atoms with van der Waals surface area (Å²) in [5, 5.41) is 3.89. The summed E-state index contributed by atoms with van der Waals surface area (Å²) in [4.78, 5) is 23.1. The molecule has 0 aliphatic heterocycles. The summed E-state index contributed by atoms with van der Waals surface area (Å²) in [5.74, 6) is 0.0961. The molecule has 0 saturated heterocycles. The molecule has 1 N–H and O–H groups in total. The van der Waals surface area contributed by atoms with E-state index in [4.69, 9.17) is 9.15 Å². The minimum absolute atomic E-state index is 0.195. The molecule has 7 nitrogen and oxygen atoms in total. The molecular formula is C21H18N2O5. The van der Waals surface area contributed by atoms with Gasteiger partial charge in [-0.25, -0.2) is 10.2 Å². The summed E-state index contributed by atoms with van der Waals surface area (Å²) in [6.07, 6.45) is 2.95. The molecule has 3 aromatic rings. The normalized spacial score (nSPS) is 10.6.